The molecule has 0 saturated carbocycles. The quantitative estimate of drug-likeness (QED) is 0.527. The van der Waals surface area contributed by atoms with Gasteiger partial charge in [-0.3, -0.25) is 4.79 Å². The summed E-state index contributed by atoms with van der Waals surface area (Å²) in [5, 5.41) is 2.94. The van der Waals surface area contributed by atoms with Crippen LogP contribution in [0.15, 0.2) is 83.1 Å². The molecule has 0 radical (unpaired) electrons. The van der Waals surface area contributed by atoms with E-state index < -0.39 is 9.84 Å². The summed E-state index contributed by atoms with van der Waals surface area (Å²) in [4.78, 5) is 12.4. The average Bonchev–Trinajstić information content (AvgIpc) is 2.59. The molecule has 120 valence electrons. The zero-order valence-electron chi connectivity index (χ0n) is 13.1. The van der Waals surface area contributed by atoms with Crippen molar-refractivity contribution in [3.8, 4) is 0 Å². The molecule has 0 bridgehead atoms. The fourth-order valence-corrected chi connectivity index (χ4v) is 3.37. The Hall–Kier alpha value is -2.72. The second-order valence-corrected chi connectivity index (χ2v) is 7.42. The van der Waals surface area contributed by atoms with Crippen LogP contribution in [0.2, 0.25) is 0 Å². The van der Waals surface area contributed by atoms with Crippen molar-refractivity contribution in [1.29, 1.82) is 0 Å². The lowest BCUT2D eigenvalue weighted by molar-refractivity contribution is 0.104. The van der Waals surface area contributed by atoms with Gasteiger partial charge in [-0.25, -0.2) is 8.42 Å². The third-order valence-corrected chi connectivity index (χ3v) is 5.21. The van der Waals surface area contributed by atoms with E-state index in [1.165, 1.54) is 12.1 Å². The van der Waals surface area contributed by atoms with Gasteiger partial charge in [0.2, 0.25) is 0 Å². The van der Waals surface area contributed by atoms with Crippen LogP contribution < -0.4 is 0 Å². The number of benzene rings is 3. The fraction of sp³-hybridized carbons (Fsp3) is 0.0500. The van der Waals surface area contributed by atoms with Crippen molar-refractivity contribution in [2.24, 2.45) is 0 Å². The van der Waals surface area contributed by atoms with Crippen molar-refractivity contribution in [2.45, 2.75) is 11.8 Å². The van der Waals surface area contributed by atoms with Gasteiger partial charge in [0.1, 0.15) is 0 Å². The van der Waals surface area contributed by atoms with E-state index in [1.807, 2.05) is 37.3 Å². The third kappa shape index (κ3) is 3.44. The number of allylic oxidation sites excluding steroid dienone is 1. The highest BCUT2D eigenvalue weighted by molar-refractivity contribution is 7.94. The molecule has 0 atom stereocenters. The molecule has 24 heavy (non-hydrogen) atoms. The van der Waals surface area contributed by atoms with Crippen LogP contribution >= 0.6 is 0 Å². The first-order valence-corrected chi connectivity index (χ1v) is 9.03. The summed E-state index contributed by atoms with van der Waals surface area (Å²) in [6.07, 6.45) is 1.11. The van der Waals surface area contributed by atoms with Gasteiger partial charge < -0.3 is 0 Å². The number of ketones is 1. The number of sulfone groups is 1. The fourth-order valence-electron chi connectivity index (χ4n) is 2.40. The van der Waals surface area contributed by atoms with Gasteiger partial charge >= 0.3 is 0 Å². The molecule has 0 N–H and O–H groups in total. The number of fused-ring (bicyclic) bond motifs is 1. The van der Waals surface area contributed by atoms with Crippen molar-refractivity contribution in [2.75, 3.05) is 0 Å². The molecule has 3 aromatic rings. The van der Waals surface area contributed by atoms with E-state index in [1.54, 1.807) is 24.3 Å². The van der Waals surface area contributed by atoms with Gasteiger partial charge in [0, 0.05) is 11.0 Å². The molecular formula is C20H16O3S. The second-order valence-electron chi connectivity index (χ2n) is 5.59. The minimum atomic E-state index is -3.62. The van der Waals surface area contributed by atoms with Gasteiger partial charge in [0.05, 0.1) is 4.90 Å². The van der Waals surface area contributed by atoms with E-state index in [-0.39, 0.29) is 10.7 Å². The van der Waals surface area contributed by atoms with Gasteiger partial charge in [0.25, 0.3) is 0 Å². The topological polar surface area (TPSA) is 51.2 Å². The molecular weight excluding hydrogens is 320 g/mol. The number of carbonyl (C=O) groups excluding carboxylic acids is 1. The normalized spacial score (nSPS) is 11.9. The maximum atomic E-state index is 12.3. The molecule has 0 aliphatic carbocycles. The highest BCUT2D eigenvalue weighted by Gasteiger charge is 2.11. The molecule has 0 heterocycles. The van der Waals surface area contributed by atoms with E-state index in [4.69, 9.17) is 0 Å². The lowest BCUT2D eigenvalue weighted by Gasteiger charge is -2.01. The zero-order valence-corrected chi connectivity index (χ0v) is 14.0. The van der Waals surface area contributed by atoms with Gasteiger partial charge in [-0.2, -0.15) is 0 Å². The number of carbonyl (C=O) groups is 1. The van der Waals surface area contributed by atoms with E-state index >= 15 is 0 Å². The molecule has 0 unspecified atom stereocenters. The Kier molecular flexibility index (Phi) is 4.32. The van der Waals surface area contributed by atoms with Crippen molar-refractivity contribution in [3.63, 3.8) is 0 Å². The van der Waals surface area contributed by atoms with Crippen molar-refractivity contribution >= 4 is 26.4 Å². The maximum Gasteiger partial charge on any atom is 0.199 e. The molecule has 0 aliphatic heterocycles. The number of aryl methyl sites for hydroxylation is 1. The lowest BCUT2D eigenvalue weighted by Crippen LogP contribution is -1.99. The van der Waals surface area contributed by atoms with Crippen LogP contribution in [0.4, 0.5) is 0 Å². The molecule has 3 rings (SSSR count). The van der Waals surface area contributed by atoms with E-state index in [0.29, 0.717) is 5.56 Å². The Labute approximate surface area is 141 Å². The van der Waals surface area contributed by atoms with Gasteiger partial charge in [-0.05, 0) is 42.0 Å². The van der Waals surface area contributed by atoms with Gasteiger partial charge in [0.15, 0.2) is 15.6 Å². The molecule has 0 spiro atoms. The molecule has 4 heteroatoms. The van der Waals surface area contributed by atoms with Crippen LogP contribution in [0.1, 0.15) is 15.9 Å². The maximum absolute atomic E-state index is 12.3. The van der Waals surface area contributed by atoms with Gasteiger partial charge in [-0.1, -0.05) is 54.1 Å². The van der Waals surface area contributed by atoms with Crippen LogP contribution in [0.25, 0.3) is 10.8 Å². The standard InChI is InChI=1S/C20H16O3S/c1-15-6-10-19(11-7-15)24(22,23)13-12-20(21)18-9-8-16-4-2-3-5-17(16)14-18/h2-14H,1H3. The van der Waals surface area contributed by atoms with Crippen LogP contribution in [0, 0.1) is 6.92 Å². The minimum absolute atomic E-state index is 0.177. The Morgan fingerprint density at radius 1 is 0.875 bits per heavy atom. The van der Waals surface area contributed by atoms with Crippen molar-refractivity contribution in [3.05, 3.63) is 89.3 Å². The monoisotopic (exact) mass is 336 g/mol. The first-order valence-electron chi connectivity index (χ1n) is 7.49. The van der Waals surface area contributed by atoms with Crippen LogP contribution in [-0.2, 0) is 9.84 Å². The SMILES string of the molecule is Cc1ccc(S(=O)(=O)C=CC(=O)c2ccc3ccccc3c2)cc1. The zero-order chi connectivity index (χ0) is 17.2. The van der Waals surface area contributed by atoms with E-state index in [9.17, 15) is 13.2 Å². The number of hydrogen-bond acceptors (Lipinski definition) is 3. The average molecular weight is 336 g/mol. The van der Waals surface area contributed by atoms with E-state index in [0.717, 1.165) is 27.8 Å². The Morgan fingerprint density at radius 3 is 2.25 bits per heavy atom. The first kappa shape index (κ1) is 16.1. The van der Waals surface area contributed by atoms with Crippen LogP contribution in [0.5, 0.6) is 0 Å². The molecule has 0 saturated heterocycles. The Morgan fingerprint density at radius 2 is 1.54 bits per heavy atom. The van der Waals surface area contributed by atoms with Gasteiger partial charge in [-0.15, -0.1) is 0 Å². The Balaban J connectivity index is 1.87. The van der Waals surface area contributed by atoms with Crippen LogP contribution in [-0.4, -0.2) is 14.2 Å². The predicted octanol–water partition coefficient (Wildman–Crippen LogP) is 4.32. The summed E-state index contributed by atoms with van der Waals surface area (Å²) >= 11 is 0. The summed E-state index contributed by atoms with van der Waals surface area (Å²) in [7, 11) is -3.62. The second kappa shape index (κ2) is 6.42. The molecule has 0 fully saturated rings. The number of hydrogen-bond donors (Lipinski definition) is 0. The van der Waals surface area contributed by atoms with Crippen molar-refractivity contribution in [1.82, 2.24) is 0 Å². The summed E-state index contributed by atoms with van der Waals surface area (Å²) in [6, 6.07) is 19.5. The van der Waals surface area contributed by atoms with Crippen molar-refractivity contribution < 1.29 is 13.2 Å². The highest BCUT2D eigenvalue weighted by Crippen LogP contribution is 2.17. The molecule has 0 aromatic heterocycles. The predicted molar refractivity (Wildman–Crippen MR) is 95.8 cm³/mol. The third-order valence-electron chi connectivity index (χ3n) is 3.78. The lowest BCUT2D eigenvalue weighted by atomic mass is 10.0. The number of rotatable bonds is 4. The summed E-state index contributed by atoms with van der Waals surface area (Å²) in [5.41, 5.74) is 1.44. The largest absolute Gasteiger partial charge is 0.289 e. The molecule has 0 amide bonds. The summed E-state index contributed by atoms with van der Waals surface area (Å²) < 4.78 is 24.5. The van der Waals surface area contributed by atoms with Crippen LogP contribution in [0.3, 0.4) is 0 Å². The Bertz CT molecular complexity index is 1030. The minimum Gasteiger partial charge on any atom is -0.289 e. The molecule has 0 aliphatic rings. The summed E-state index contributed by atoms with van der Waals surface area (Å²) in [6.45, 7) is 1.88. The van der Waals surface area contributed by atoms with E-state index in [2.05, 4.69) is 0 Å². The summed E-state index contributed by atoms with van der Waals surface area (Å²) in [5.74, 6) is -0.337. The molecule has 3 aromatic carbocycles. The first-order chi connectivity index (χ1) is 11.5. The smallest absolute Gasteiger partial charge is 0.199 e. The highest BCUT2D eigenvalue weighted by atomic mass is 32.2. The molecule has 3 nitrogen and oxygen atoms in total.